The minimum absolute atomic E-state index is 0.214. The number of rotatable bonds is 4. The van der Waals surface area contributed by atoms with Gasteiger partial charge in [0.25, 0.3) is 0 Å². The molecule has 0 saturated carbocycles. The predicted octanol–water partition coefficient (Wildman–Crippen LogP) is 3.34. The summed E-state index contributed by atoms with van der Waals surface area (Å²) in [5.74, 6) is 0. The molecule has 2 aromatic rings. The Labute approximate surface area is 112 Å². The van der Waals surface area contributed by atoms with Crippen LogP contribution in [0.3, 0.4) is 0 Å². The van der Waals surface area contributed by atoms with Crippen LogP contribution in [0.4, 0.5) is 0 Å². The highest BCUT2D eigenvalue weighted by molar-refractivity contribution is 7.17. The van der Waals surface area contributed by atoms with Gasteiger partial charge in [0.2, 0.25) is 0 Å². The molecule has 0 amide bonds. The predicted molar refractivity (Wildman–Crippen MR) is 77.1 cm³/mol. The van der Waals surface area contributed by atoms with Gasteiger partial charge in [0.05, 0.1) is 6.10 Å². The summed E-state index contributed by atoms with van der Waals surface area (Å²) in [6, 6.07) is 8.78. The van der Waals surface area contributed by atoms with Gasteiger partial charge in [-0.3, -0.25) is 0 Å². The molecule has 18 heavy (non-hydrogen) atoms. The van der Waals surface area contributed by atoms with Crippen molar-refractivity contribution in [3.8, 4) is 0 Å². The fourth-order valence-corrected chi connectivity index (χ4v) is 3.70. The molecule has 3 rings (SSSR count). The van der Waals surface area contributed by atoms with Crippen LogP contribution in [0.2, 0.25) is 0 Å². The number of hydrogen-bond donors (Lipinski definition) is 1. The summed E-state index contributed by atoms with van der Waals surface area (Å²) in [5, 5.41) is 3.62. The molecule has 0 aliphatic carbocycles. The van der Waals surface area contributed by atoms with E-state index in [1.807, 2.05) is 11.3 Å². The first kappa shape index (κ1) is 12.2. The SMILES string of the molecule is NC(Cc1csc2ccccc12)CC1CCCO1. The van der Waals surface area contributed by atoms with Crippen molar-refractivity contribution in [2.45, 2.75) is 37.8 Å². The molecule has 1 fully saturated rings. The molecule has 96 valence electrons. The summed E-state index contributed by atoms with van der Waals surface area (Å²) < 4.78 is 7.01. The molecule has 1 aromatic heterocycles. The van der Waals surface area contributed by atoms with E-state index in [1.165, 1.54) is 28.5 Å². The summed E-state index contributed by atoms with van der Waals surface area (Å²) in [4.78, 5) is 0. The first-order valence-electron chi connectivity index (χ1n) is 6.65. The topological polar surface area (TPSA) is 35.2 Å². The van der Waals surface area contributed by atoms with Gasteiger partial charge in [-0.15, -0.1) is 11.3 Å². The van der Waals surface area contributed by atoms with Crippen molar-refractivity contribution in [1.29, 1.82) is 0 Å². The fraction of sp³-hybridized carbons (Fsp3) is 0.467. The summed E-state index contributed by atoms with van der Waals surface area (Å²) in [5.41, 5.74) is 7.65. The second kappa shape index (κ2) is 5.39. The summed E-state index contributed by atoms with van der Waals surface area (Å²) in [6.07, 6.45) is 4.72. The lowest BCUT2D eigenvalue weighted by molar-refractivity contribution is 0.0984. The molecule has 2 unspecified atom stereocenters. The van der Waals surface area contributed by atoms with Crippen molar-refractivity contribution in [3.05, 3.63) is 35.2 Å². The van der Waals surface area contributed by atoms with E-state index in [-0.39, 0.29) is 6.04 Å². The molecule has 0 radical (unpaired) electrons. The maximum absolute atomic E-state index is 6.26. The second-order valence-corrected chi connectivity index (χ2v) is 6.00. The monoisotopic (exact) mass is 261 g/mol. The lowest BCUT2D eigenvalue weighted by Crippen LogP contribution is -2.27. The third-order valence-electron chi connectivity index (χ3n) is 3.63. The molecule has 2 heterocycles. The van der Waals surface area contributed by atoms with Crippen LogP contribution < -0.4 is 5.73 Å². The summed E-state index contributed by atoms with van der Waals surface area (Å²) >= 11 is 1.81. The quantitative estimate of drug-likeness (QED) is 0.916. The number of hydrogen-bond acceptors (Lipinski definition) is 3. The smallest absolute Gasteiger partial charge is 0.0590 e. The van der Waals surface area contributed by atoms with Crippen LogP contribution in [0.25, 0.3) is 10.1 Å². The van der Waals surface area contributed by atoms with Crippen LogP contribution in [0.15, 0.2) is 29.6 Å². The molecule has 2 N–H and O–H groups in total. The Kier molecular flexibility index (Phi) is 3.64. The van der Waals surface area contributed by atoms with Gasteiger partial charge in [-0.2, -0.15) is 0 Å². The van der Waals surface area contributed by atoms with E-state index in [0.29, 0.717) is 6.10 Å². The zero-order chi connectivity index (χ0) is 12.4. The van der Waals surface area contributed by atoms with Gasteiger partial charge >= 0.3 is 0 Å². The Morgan fingerprint density at radius 1 is 1.39 bits per heavy atom. The number of nitrogens with two attached hydrogens (primary N) is 1. The lowest BCUT2D eigenvalue weighted by Gasteiger charge is -2.15. The molecule has 0 spiro atoms. The van der Waals surface area contributed by atoms with E-state index >= 15 is 0 Å². The van der Waals surface area contributed by atoms with E-state index < -0.39 is 0 Å². The molecule has 2 nitrogen and oxygen atoms in total. The van der Waals surface area contributed by atoms with Gasteiger partial charge in [0, 0.05) is 17.3 Å². The molecule has 1 aromatic carbocycles. The lowest BCUT2D eigenvalue weighted by atomic mass is 10.00. The van der Waals surface area contributed by atoms with Crippen molar-refractivity contribution in [1.82, 2.24) is 0 Å². The number of fused-ring (bicyclic) bond motifs is 1. The van der Waals surface area contributed by atoms with Crippen molar-refractivity contribution in [2.75, 3.05) is 6.61 Å². The summed E-state index contributed by atoms with van der Waals surface area (Å²) in [6.45, 7) is 0.915. The Bertz CT molecular complexity index is 516. The molecular weight excluding hydrogens is 242 g/mol. The maximum Gasteiger partial charge on any atom is 0.0590 e. The van der Waals surface area contributed by atoms with E-state index in [0.717, 1.165) is 19.4 Å². The van der Waals surface area contributed by atoms with Crippen LogP contribution in [0, 0.1) is 0 Å². The average Bonchev–Trinajstić information content (AvgIpc) is 3.00. The minimum Gasteiger partial charge on any atom is -0.378 e. The third-order valence-corrected chi connectivity index (χ3v) is 4.65. The first-order valence-corrected chi connectivity index (χ1v) is 7.53. The van der Waals surface area contributed by atoms with Crippen LogP contribution in [-0.4, -0.2) is 18.8 Å². The first-order chi connectivity index (χ1) is 8.83. The molecule has 1 aliphatic heterocycles. The molecule has 0 bridgehead atoms. The Morgan fingerprint density at radius 3 is 3.11 bits per heavy atom. The van der Waals surface area contributed by atoms with Crippen LogP contribution in [0.5, 0.6) is 0 Å². The van der Waals surface area contributed by atoms with Crippen molar-refractivity contribution >= 4 is 21.4 Å². The average molecular weight is 261 g/mol. The second-order valence-electron chi connectivity index (χ2n) is 5.09. The number of ether oxygens (including phenoxy) is 1. The zero-order valence-corrected chi connectivity index (χ0v) is 11.3. The third kappa shape index (κ3) is 2.58. The van der Waals surface area contributed by atoms with Crippen molar-refractivity contribution in [3.63, 3.8) is 0 Å². The Balaban J connectivity index is 1.67. The highest BCUT2D eigenvalue weighted by atomic mass is 32.1. The Morgan fingerprint density at radius 2 is 2.28 bits per heavy atom. The highest BCUT2D eigenvalue weighted by Gasteiger charge is 2.19. The standard InChI is InChI=1S/C15H19NOS/c16-12(9-13-4-3-7-17-13)8-11-10-18-15-6-2-1-5-14(11)15/h1-2,5-6,10,12-13H,3-4,7-9,16H2. The number of thiophene rings is 1. The van der Waals surface area contributed by atoms with E-state index in [4.69, 9.17) is 10.5 Å². The fourth-order valence-electron chi connectivity index (χ4n) is 2.72. The van der Waals surface area contributed by atoms with Gasteiger partial charge in [-0.1, -0.05) is 18.2 Å². The van der Waals surface area contributed by atoms with E-state index in [2.05, 4.69) is 29.6 Å². The highest BCUT2D eigenvalue weighted by Crippen LogP contribution is 2.27. The van der Waals surface area contributed by atoms with Gasteiger partial charge < -0.3 is 10.5 Å². The van der Waals surface area contributed by atoms with Crippen molar-refractivity contribution in [2.24, 2.45) is 5.73 Å². The largest absolute Gasteiger partial charge is 0.378 e. The molecule has 3 heteroatoms. The summed E-state index contributed by atoms with van der Waals surface area (Å²) in [7, 11) is 0. The van der Waals surface area contributed by atoms with Crippen LogP contribution >= 0.6 is 11.3 Å². The number of benzene rings is 1. The van der Waals surface area contributed by atoms with Crippen LogP contribution in [0.1, 0.15) is 24.8 Å². The minimum atomic E-state index is 0.214. The zero-order valence-electron chi connectivity index (χ0n) is 10.5. The van der Waals surface area contributed by atoms with E-state index in [1.54, 1.807) is 0 Å². The van der Waals surface area contributed by atoms with Crippen molar-refractivity contribution < 1.29 is 4.74 Å². The van der Waals surface area contributed by atoms with Gasteiger partial charge in [0.1, 0.15) is 0 Å². The molecular formula is C15H19NOS. The van der Waals surface area contributed by atoms with E-state index in [9.17, 15) is 0 Å². The molecule has 1 saturated heterocycles. The molecule has 1 aliphatic rings. The van der Waals surface area contributed by atoms with Crippen LogP contribution in [-0.2, 0) is 11.2 Å². The van der Waals surface area contributed by atoms with Gasteiger partial charge in [-0.25, -0.2) is 0 Å². The molecule has 2 atom stereocenters. The maximum atomic E-state index is 6.26. The normalized spacial score (nSPS) is 21.5. The van der Waals surface area contributed by atoms with Gasteiger partial charge in [-0.05, 0) is 48.1 Å². The van der Waals surface area contributed by atoms with Gasteiger partial charge in [0.15, 0.2) is 0 Å². The Hall–Kier alpha value is -0.900.